The average Bonchev–Trinajstić information content (AvgIpc) is 3.29. The summed E-state index contributed by atoms with van der Waals surface area (Å²) < 4.78 is 6.82. The Morgan fingerprint density at radius 1 is 1.03 bits per heavy atom. The first kappa shape index (κ1) is 19.6. The van der Waals surface area contributed by atoms with Gasteiger partial charge in [0.25, 0.3) is 5.91 Å². The van der Waals surface area contributed by atoms with E-state index in [1.165, 1.54) is 0 Å². The smallest absolute Gasteiger partial charge is 0.322 e. The molecular weight excluding hydrogens is 408 g/mol. The lowest BCUT2D eigenvalue weighted by Gasteiger charge is -2.27. The highest BCUT2D eigenvalue weighted by atomic mass is 16.5. The van der Waals surface area contributed by atoms with Gasteiger partial charge in [0.2, 0.25) is 0 Å². The number of carbonyl (C=O) groups excluding carboxylic acids is 2. The molecule has 3 N–H and O–H groups in total. The third kappa shape index (κ3) is 3.13. The standard InChI is InChI=1S/C24H20N4O4/c1-32-19-6-7-20-17(12-19)13-28(21(20)29)14-24(22(30)26-23(31)27-24)18-4-2-15(3-5-18)16-8-10-25-11-9-16/h2-13,29H,14H2,1H3,(H2,26,27,30,31)/t24-/m0/s1. The number of benzene rings is 2. The van der Waals surface area contributed by atoms with E-state index >= 15 is 0 Å². The Morgan fingerprint density at radius 2 is 1.75 bits per heavy atom. The maximum Gasteiger partial charge on any atom is 0.322 e. The fourth-order valence-corrected chi connectivity index (χ4v) is 4.13. The molecule has 5 rings (SSSR count). The van der Waals surface area contributed by atoms with Gasteiger partial charge in [0.15, 0.2) is 11.4 Å². The van der Waals surface area contributed by atoms with Crippen molar-refractivity contribution >= 4 is 22.7 Å². The number of rotatable bonds is 5. The summed E-state index contributed by atoms with van der Waals surface area (Å²) in [5.74, 6) is 0.182. The van der Waals surface area contributed by atoms with Crippen molar-refractivity contribution in [2.24, 2.45) is 0 Å². The Balaban J connectivity index is 1.56. The van der Waals surface area contributed by atoms with Crippen molar-refractivity contribution in [1.82, 2.24) is 20.2 Å². The molecule has 2 aromatic carbocycles. The number of imide groups is 1. The normalized spacial score (nSPS) is 17.9. The summed E-state index contributed by atoms with van der Waals surface area (Å²) in [5, 5.41) is 17.3. The maximum atomic E-state index is 13.0. The first-order valence-electron chi connectivity index (χ1n) is 10.0. The zero-order chi connectivity index (χ0) is 22.3. The minimum absolute atomic E-state index is 0.00406. The minimum Gasteiger partial charge on any atom is -0.497 e. The molecule has 1 saturated heterocycles. The number of carbonyl (C=O) groups is 2. The SMILES string of the molecule is COc1ccc2c(O)n(C[C@@]3(c4ccc(-c5ccncc5)cc4)NC(=O)NC3=O)cc2c1. The number of methoxy groups -OCH3 is 1. The molecule has 1 fully saturated rings. The quantitative estimate of drug-likeness (QED) is 0.424. The van der Waals surface area contributed by atoms with Gasteiger partial charge in [0.1, 0.15) is 5.75 Å². The van der Waals surface area contributed by atoms with Crippen molar-refractivity contribution in [1.29, 1.82) is 0 Å². The second-order valence-corrected chi connectivity index (χ2v) is 7.66. The first-order chi connectivity index (χ1) is 15.5. The van der Waals surface area contributed by atoms with Gasteiger partial charge >= 0.3 is 6.03 Å². The molecule has 3 heterocycles. The lowest BCUT2D eigenvalue weighted by atomic mass is 9.88. The number of ether oxygens (including phenoxy) is 1. The van der Waals surface area contributed by atoms with Crippen molar-refractivity contribution in [3.8, 4) is 22.8 Å². The van der Waals surface area contributed by atoms with E-state index in [1.807, 2.05) is 36.4 Å². The summed E-state index contributed by atoms with van der Waals surface area (Å²) in [5.41, 5.74) is 1.18. The number of aromatic hydroxyl groups is 1. The Bertz CT molecular complexity index is 1330. The van der Waals surface area contributed by atoms with E-state index in [4.69, 9.17) is 4.74 Å². The van der Waals surface area contributed by atoms with Gasteiger partial charge in [-0.1, -0.05) is 24.3 Å². The lowest BCUT2D eigenvalue weighted by molar-refractivity contribution is -0.124. The van der Waals surface area contributed by atoms with E-state index in [9.17, 15) is 14.7 Å². The topological polar surface area (TPSA) is 105 Å². The number of nitrogens with one attached hydrogen (secondary N) is 2. The van der Waals surface area contributed by atoms with Crippen LogP contribution in [0.3, 0.4) is 0 Å². The molecule has 32 heavy (non-hydrogen) atoms. The number of nitrogens with zero attached hydrogens (tertiary/aromatic N) is 2. The van der Waals surface area contributed by atoms with Crippen LogP contribution >= 0.6 is 0 Å². The minimum atomic E-state index is -1.37. The number of fused-ring (bicyclic) bond motifs is 1. The van der Waals surface area contributed by atoms with Gasteiger partial charge in [0, 0.05) is 29.4 Å². The van der Waals surface area contributed by atoms with Crippen molar-refractivity contribution < 1.29 is 19.4 Å². The first-order valence-corrected chi connectivity index (χ1v) is 10.0. The highest BCUT2D eigenvalue weighted by Gasteiger charge is 2.48. The summed E-state index contributed by atoms with van der Waals surface area (Å²) in [6.07, 6.45) is 5.16. The van der Waals surface area contributed by atoms with Gasteiger partial charge in [-0.3, -0.25) is 15.1 Å². The van der Waals surface area contributed by atoms with Crippen LogP contribution in [0.5, 0.6) is 11.6 Å². The fraction of sp³-hybridized carbons (Fsp3) is 0.125. The van der Waals surface area contributed by atoms with Crippen LogP contribution in [-0.4, -0.2) is 33.7 Å². The van der Waals surface area contributed by atoms with Crippen LogP contribution in [0.15, 0.2) is 73.2 Å². The van der Waals surface area contributed by atoms with E-state index in [2.05, 4.69) is 15.6 Å². The predicted molar refractivity (Wildman–Crippen MR) is 118 cm³/mol. The Morgan fingerprint density at radius 3 is 2.41 bits per heavy atom. The second-order valence-electron chi connectivity index (χ2n) is 7.66. The van der Waals surface area contributed by atoms with Crippen LogP contribution in [-0.2, 0) is 16.9 Å². The third-order valence-electron chi connectivity index (χ3n) is 5.81. The molecule has 0 aliphatic carbocycles. The van der Waals surface area contributed by atoms with E-state index < -0.39 is 17.5 Å². The Hall–Kier alpha value is -4.33. The van der Waals surface area contributed by atoms with E-state index in [-0.39, 0.29) is 12.4 Å². The fourth-order valence-electron chi connectivity index (χ4n) is 4.13. The van der Waals surface area contributed by atoms with Crippen LogP contribution in [0.1, 0.15) is 5.56 Å². The van der Waals surface area contributed by atoms with E-state index in [0.29, 0.717) is 16.7 Å². The molecule has 0 saturated carbocycles. The van der Waals surface area contributed by atoms with Crippen LogP contribution in [0.2, 0.25) is 0 Å². The molecule has 0 unspecified atom stereocenters. The molecule has 8 heteroatoms. The number of hydrogen-bond donors (Lipinski definition) is 3. The van der Waals surface area contributed by atoms with Crippen molar-refractivity contribution in [3.63, 3.8) is 0 Å². The van der Waals surface area contributed by atoms with Crippen LogP contribution in [0, 0.1) is 0 Å². The predicted octanol–water partition coefficient (Wildman–Crippen LogP) is 3.15. The molecule has 0 spiro atoms. The van der Waals surface area contributed by atoms with Gasteiger partial charge in [-0.25, -0.2) is 4.79 Å². The number of urea groups is 1. The number of aromatic nitrogens is 2. The number of amides is 3. The molecule has 0 bridgehead atoms. The third-order valence-corrected chi connectivity index (χ3v) is 5.81. The van der Waals surface area contributed by atoms with Gasteiger partial charge in [0.05, 0.1) is 13.7 Å². The average molecular weight is 428 g/mol. The highest BCUT2D eigenvalue weighted by molar-refractivity contribution is 6.07. The summed E-state index contributed by atoms with van der Waals surface area (Å²) in [7, 11) is 1.57. The molecule has 4 aromatic rings. The molecule has 1 aliphatic rings. The number of hydrogen-bond acceptors (Lipinski definition) is 5. The second kappa shape index (κ2) is 7.42. The molecule has 160 valence electrons. The van der Waals surface area contributed by atoms with Crippen LogP contribution in [0.4, 0.5) is 4.79 Å². The van der Waals surface area contributed by atoms with Gasteiger partial charge in [-0.2, -0.15) is 0 Å². The Labute approximate surface area is 183 Å². The zero-order valence-electron chi connectivity index (χ0n) is 17.2. The molecule has 2 aromatic heterocycles. The molecule has 8 nitrogen and oxygen atoms in total. The number of pyridine rings is 1. The van der Waals surface area contributed by atoms with Crippen molar-refractivity contribution in [3.05, 3.63) is 78.8 Å². The van der Waals surface area contributed by atoms with Crippen LogP contribution in [0.25, 0.3) is 21.9 Å². The summed E-state index contributed by atoms with van der Waals surface area (Å²) >= 11 is 0. The van der Waals surface area contributed by atoms with Crippen molar-refractivity contribution in [2.45, 2.75) is 12.1 Å². The lowest BCUT2D eigenvalue weighted by Crippen LogP contribution is -2.47. The molecule has 0 radical (unpaired) electrons. The van der Waals surface area contributed by atoms with E-state index in [1.54, 1.807) is 48.5 Å². The summed E-state index contributed by atoms with van der Waals surface area (Å²) in [6, 6.07) is 15.9. The van der Waals surface area contributed by atoms with Crippen molar-refractivity contribution in [2.75, 3.05) is 7.11 Å². The largest absolute Gasteiger partial charge is 0.497 e. The van der Waals surface area contributed by atoms with Gasteiger partial charge < -0.3 is 19.7 Å². The molecule has 3 amide bonds. The van der Waals surface area contributed by atoms with Gasteiger partial charge in [-0.15, -0.1) is 0 Å². The summed E-state index contributed by atoms with van der Waals surface area (Å²) in [4.78, 5) is 29.1. The van der Waals surface area contributed by atoms with Crippen LogP contribution < -0.4 is 15.4 Å². The zero-order valence-corrected chi connectivity index (χ0v) is 17.2. The van der Waals surface area contributed by atoms with Gasteiger partial charge in [-0.05, 0) is 47.0 Å². The molecule has 1 aliphatic heterocycles. The Kier molecular flexibility index (Phi) is 4.55. The monoisotopic (exact) mass is 428 g/mol. The summed E-state index contributed by atoms with van der Waals surface area (Å²) in [6.45, 7) is 0.0159. The van der Waals surface area contributed by atoms with E-state index in [0.717, 1.165) is 16.5 Å². The highest BCUT2D eigenvalue weighted by Crippen LogP contribution is 2.35. The molecule has 1 atom stereocenters. The maximum absolute atomic E-state index is 13.0. The molecular formula is C24H20N4O4.